The van der Waals surface area contributed by atoms with E-state index in [1.807, 2.05) is 0 Å². The maximum Gasteiger partial charge on any atom is 0.359 e. The zero-order valence-corrected chi connectivity index (χ0v) is 12.5. The summed E-state index contributed by atoms with van der Waals surface area (Å²) >= 11 is 1.36. The lowest BCUT2D eigenvalue weighted by Gasteiger charge is -2.06. The normalized spacial score (nSPS) is 10.5. The first-order valence-electron chi connectivity index (χ1n) is 6.55. The average molecular weight is 331 g/mol. The van der Waals surface area contributed by atoms with E-state index in [1.54, 1.807) is 11.6 Å². The molecule has 1 aromatic carbocycles. The van der Waals surface area contributed by atoms with Gasteiger partial charge in [-0.25, -0.2) is 14.2 Å². The first kappa shape index (κ1) is 15.0. The van der Waals surface area contributed by atoms with Crippen molar-refractivity contribution in [3.05, 3.63) is 74.8 Å². The molecule has 3 aromatic rings. The Hall–Kier alpha value is -2.87. The largest absolute Gasteiger partial charge is 0.454 e. The molecular weight excluding hydrogens is 321 g/mol. The molecule has 3 rings (SSSR count). The number of rotatable bonds is 4. The van der Waals surface area contributed by atoms with Gasteiger partial charge < -0.3 is 4.74 Å². The van der Waals surface area contributed by atoms with Crippen molar-refractivity contribution in [2.24, 2.45) is 0 Å². The average Bonchev–Trinajstić information content (AvgIpc) is 3.07. The van der Waals surface area contributed by atoms with Gasteiger partial charge in [0, 0.05) is 17.6 Å². The van der Waals surface area contributed by atoms with Gasteiger partial charge in [0.1, 0.15) is 17.4 Å². The SMILES string of the molecule is O=C(OCc1nccs1)c1ccc(=O)n(-c2ccc(F)cc2)n1. The third-order valence-corrected chi connectivity index (χ3v) is 3.64. The van der Waals surface area contributed by atoms with E-state index < -0.39 is 17.3 Å². The monoisotopic (exact) mass is 331 g/mol. The fourth-order valence-corrected chi connectivity index (χ4v) is 2.34. The van der Waals surface area contributed by atoms with E-state index in [4.69, 9.17) is 4.74 Å². The van der Waals surface area contributed by atoms with Crippen LogP contribution in [0.1, 0.15) is 15.5 Å². The highest BCUT2D eigenvalue weighted by Crippen LogP contribution is 2.09. The Kier molecular flexibility index (Phi) is 4.24. The number of carbonyl (C=O) groups is 1. The number of ether oxygens (including phenoxy) is 1. The predicted molar refractivity (Wildman–Crippen MR) is 81.0 cm³/mol. The van der Waals surface area contributed by atoms with Gasteiger partial charge in [-0.3, -0.25) is 4.79 Å². The molecule has 0 bridgehead atoms. The number of thiazole rings is 1. The highest BCUT2D eigenvalue weighted by molar-refractivity contribution is 7.09. The van der Waals surface area contributed by atoms with Crippen molar-refractivity contribution in [3.8, 4) is 5.69 Å². The molecule has 0 amide bonds. The van der Waals surface area contributed by atoms with Crippen LogP contribution < -0.4 is 5.56 Å². The van der Waals surface area contributed by atoms with Crippen molar-refractivity contribution in [1.29, 1.82) is 0 Å². The zero-order chi connectivity index (χ0) is 16.2. The third kappa shape index (κ3) is 3.49. The molecule has 0 saturated carbocycles. The summed E-state index contributed by atoms with van der Waals surface area (Å²) in [5.41, 5.74) is -0.107. The quantitative estimate of drug-likeness (QED) is 0.685. The van der Waals surface area contributed by atoms with Crippen LogP contribution in [0.15, 0.2) is 52.8 Å². The van der Waals surface area contributed by atoms with E-state index in [9.17, 15) is 14.0 Å². The molecule has 0 aliphatic heterocycles. The summed E-state index contributed by atoms with van der Waals surface area (Å²) in [7, 11) is 0. The van der Waals surface area contributed by atoms with Crippen molar-refractivity contribution in [3.63, 3.8) is 0 Å². The Bertz CT molecular complexity index is 876. The molecule has 0 N–H and O–H groups in total. The van der Waals surface area contributed by atoms with Crippen LogP contribution in [0, 0.1) is 5.82 Å². The summed E-state index contributed by atoms with van der Waals surface area (Å²) < 4.78 is 19.1. The molecule has 8 heteroatoms. The van der Waals surface area contributed by atoms with Crippen LogP contribution in [0.4, 0.5) is 4.39 Å². The van der Waals surface area contributed by atoms with E-state index in [0.29, 0.717) is 10.7 Å². The van der Waals surface area contributed by atoms with Gasteiger partial charge in [0.05, 0.1) is 5.69 Å². The number of benzene rings is 1. The van der Waals surface area contributed by atoms with Gasteiger partial charge in [0.15, 0.2) is 5.69 Å². The van der Waals surface area contributed by atoms with Crippen LogP contribution in [0.2, 0.25) is 0 Å². The molecule has 0 spiro atoms. The van der Waals surface area contributed by atoms with Crippen molar-refractivity contribution in [2.75, 3.05) is 0 Å². The van der Waals surface area contributed by atoms with Gasteiger partial charge in [-0.15, -0.1) is 11.3 Å². The highest BCUT2D eigenvalue weighted by atomic mass is 32.1. The topological polar surface area (TPSA) is 74.1 Å². The summed E-state index contributed by atoms with van der Waals surface area (Å²) in [4.78, 5) is 27.9. The predicted octanol–water partition coefficient (Wildman–Crippen LogP) is 2.19. The summed E-state index contributed by atoms with van der Waals surface area (Å²) in [6, 6.07) is 7.69. The molecular formula is C15H10FN3O3S. The van der Waals surface area contributed by atoms with Gasteiger partial charge in [0.2, 0.25) is 0 Å². The molecule has 23 heavy (non-hydrogen) atoms. The second kappa shape index (κ2) is 6.49. The lowest BCUT2D eigenvalue weighted by Crippen LogP contribution is -2.23. The van der Waals surface area contributed by atoms with Gasteiger partial charge in [0.25, 0.3) is 5.56 Å². The van der Waals surface area contributed by atoms with Crippen LogP contribution in [0.25, 0.3) is 5.69 Å². The van der Waals surface area contributed by atoms with Crippen molar-refractivity contribution in [2.45, 2.75) is 6.61 Å². The maximum absolute atomic E-state index is 13.0. The Balaban J connectivity index is 1.83. The minimum absolute atomic E-state index is 0.0227. The molecule has 0 atom stereocenters. The fourth-order valence-electron chi connectivity index (χ4n) is 1.81. The lowest BCUT2D eigenvalue weighted by atomic mass is 10.3. The zero-order valence-electron chi connectivity index (χ0n) is 11.7. The van der Waals surface area contributed by atoms with Crippen molar-refractivity contribution in [1.82, 2.24) is 14.8 Å². The van der Waals surface area contributed by atoms with E-state index >= 15 is 0 Å². The van der Waals surface area contributed by atoms with Gasteiger partial charge in [-0.2, -0.15) is 9.78 Å². The minimum atomic E-state index is -0.670. The lowest BCUT2D eigenvalue weighted by molar-refractivity contribution is 0.0463. The maximum atomic E-state index is 13.0. The molecule has 0 aliphatic carbocycles. The first-order chi connectivity index (χ1) is 11.1. The molecule has 2 heterocycles. The highest BCUT2D eigenvalue weighted by Gasteiger charge is 2.13. The molecule has 116 valence electrons. The molecule has 0 radical (unpaired) electrons. The number of nitrogens with zero attached hydrogens (tertiary/aromatic N) is 3. The Morgan fingerprint density at radius 1 is 1.22 bits per heavy atom. The standard InChI is InChI=1S/C15H10FN3O3S/c16-10-1-3-11(4-2-10)19-14(20)6-5-12(18-19)15(21)22-9-13-17-7-8-23-13/h1-8H,9H2. The molecule has 0 fully saturated rings. The number of hydrogen-bond donors (Lipinski definition) is 0. The Labute approximate surface area is 133 Å². The number of esters is 1. The molecule has 2 aromatic heterocycles. The number of aromatic nitrogens is 3. The van der Waals surface area contributed by atoms with Gasteiger partial charge in [-0.05, 0) is 30.3 Å². The smallest absolute Gasteiger partial charge is 0.359 e. The number of carbonyl (C=O) groups excluding carboxylic acids is 1. The summed E-state index contributed by atoms with van der Waals surface area (Å²) in [6.45, 7) is 0.0356. The molecule has 0 aliphatic rings. The number of halogens is 1. The van der Waals surface area contributed by atoms with Gasteiger partial charge in [-0.1, -0.05) is 0 Å². The van der Waals surface area contributed by atoms with E-state index in [2.05, 4.69) is 10.1 Å². The van der Waals surface area contributed by atoms with E-state index in [-0.39, 0.29) is 12.3 Å². The Morgan fingerprint density at radius 3 is 2.70 bits per heavy atom. The van der Waals surface area contributed by atoms with Crippen LogP contribution >= 0.6 is 11.3 Å². The molecule has 0 saturated heterocycles. The summed E-state index contributed by atoms with van der Waals surface area (Å²) in [6.07, 6.45) is 1.61. The molecule has 0 unspecified atom stereocenters. The van der Waals surface area contributed by atoms with Crippen LogP contribution in [0.5, 0.6) is 0 Å². The number of hydrogen-bond acceptors (Lipinski definition) is 6. The fraction of sp³-hybridized carbons (Fsp3) is 0.0667. The second-order valence-electron chi connectivity index (χ2n) is 4.45. The third-order valence-electron chi connectivity index (χ3n) is 2.89. The van der Waals surface area contributed by atoms with E-state index in [0.717, 1.165) is 4.68 Å². The minimum Gasteiger partial charge on any atom is -0.454 e. The van der Waals surface area contributed by atoms with Crippen LogP contribution in [-0.2, 0) is 11.3 Å². The van der Waals surface area contributed by atoms with Crippen LogP contribution in [0.3, 0.4) is 0 Å². The van der Waals surface area contributed by atoms with Crippen LogP contribution in [-0.4, -0.2) is 20.7 Å². The van der Waals surface area contributed by atoms with Gasteiger partial charge >= 0.3 is 5.97 Å². The van der Waals surface area contributed by atoms with Crippen molar-refractivity contribution < 1.29 is 13.9 Å². The second-order valence-corrected chi connectivity index (χ2v) is 5.43. The molecule has 6 nitrogen and oxygen atoms in total. The summed E-state index contributed by atoms with van der Waals surface area (Å²) in [5, 5.41) is 6.39. The Morgan fingerprint density at radius 2 is 2.00 bits per heavy atom. The van der Waals surface area contributed by atoms with Crippen molar-refractivity contribution >= 4 is 17.3 Å². The first-order valence-corrected chi connectivity index (χ1v) is 7.43. The van der Waals surface area contributed by atoms with E-state index in [1.165, 1.54) is 47.7 Å². The summed E-state index contributed by atoms with van der Waals surface area (Å²) in [5.74, 6) is -1.10.